The minimum Gasteiger partial charge on any atom is -0.455 e. The van der Waals surface area contributed by atoms with Crippen molar-refractivity contribution in [1.29, 1.82) is 0 Å². The second-order valence-electron chi connectivity index (χ2n) is 14.4. The summed E-state index contributed by atoms with van der Waals surface area (Å²) in [5.41, 5.74) is 10.9. The Hall–Kier alpha value is -7.69. The van der Waals surface area contributed by atoms with Gasteiger partial charge >= 0.3 is 0 Å². The highest BCUT2D eigenvalue weighted by molar-refractivity contribution is 6.20. The Labute approximate surface area is 330 Å². The van der Waals surface area contributed by atoms with Crippen molar-refractivity contribution in [2.75, 3.05) is 9.80 Å². The highest BCUT2D eigenvalue weighted by Gasteiger charge is 2.25. The van der Waals surface area contributed by atoms with Crippen LogP contribution in [-0.4, -0.2) is 4.98 Å². The largest absolute Gasteiger partial charge is 0.455 e. The molecule has 57 heavy (non-hydrogen) atoms. The summed E-state index contributed by atoms with van der Waals surface area (Å²) in [6, 6.07) is 73.2. The lowest BCUT2D eigenvalue weighted by Gasteiger charge is -2.30. The van der Waals surface area contributed by atoms with Crippen molar-refractivity contribution >= 4 is 88.5 Å². The second-order valence-corrected chi connectivity index (χ2v) is 14.4. The van der Waals surface area contributed by atoms with Gasteiger partial charge in [-0.3, -0.25) is 4.98 Å². The van der Waals surface area contributed by atoms with Crippen LogP contribution in [0.25, 0.3) is 65.5 Å². The Bertz CT molecular complexity index is 3260. The van der Waals surface area contributed by atoms with Gasteiger partial charge in [-0.05, 0) is 99.4 Å². The van der Waals surface area contributed by atoms with Crippen molar-refractivity contribution in [2.24, 2.45) is 0 Å². The van der Waals surface area contributed by atoms with E-state index in [9.17, 15) is 0 Å². The number of para-hydroxylation sites is 2. The molecule has 0 saturated heterocycles. The molecule has 11 aromatic rings. The molecule has 11 rings (SSSR count). The summed E-state index contributed by atoms with van der Waals surface area (Å²) in [4.78, 5) is 9.68. The minimum absolute atomic E-state index is 0.780. The SMILES string of the molecule is c1ccc(-c2cccc(N(c3ccc4ccccc4c3)c3cc(N(c4ccccc4)c4ccc5ccccc5c4)cc4oc5c6ccccc6ncc5c34)c2)cc1. The van der Waals surface area contributed by atoms with E-state index in [4.69, 9.17) is 9.40 Å². The van der Waals surface area contributed by atoms with Gasteiger partial charge in [0, 0.05) is 45.8 Å². The smallest absolute Gasteiger partial charge is 0.146 e. The Kier molecular flexibility index (Phi) is 7.78. The van der Waals surface area contributed by atoms with Gasteiger partial charge in [0.25, 0.3) is 0 Å². The summed E-state index contributed by atoms with van der Waals surface area (Å²) >= 11 is 0. The minimum atomic E-state index is 0.780. The molecular formula is C53H35N3O. The Morgan fingerprint density at radius 2 is 0.947 bits per heavy atom. The Morgan fingerprint density at radius 1 is 0.368 bits per heavy atom. The van der Waals surface area contributed by atoms with Crippen LogP contribution >= 0.6 is 0 Å². The molecule has 9 aromatic carbocycles. The van der Waals surface area contributed by atoms with Crippen molar-refractivity contribution < 1.29 is 4.42 Å². The normalized spacial score (nSPS) is 11.5. The maximum absolute atomic E-state index is 7.03. The highest BCUT2D eigenvalue weighted by Crippen LogP contribution is 2.49. The third-order valence-electron chi connectivity index (χ3n) is 11.0. The molecule has 0 aliphatic rings. The van der Waals surface area contributed by atoms with Crippen LogP contribution in [0.2, 0.25) is 0 Å². The number of aromatic nitrogens is 1. The third kappa shape index (κ3) is 5.74. The number of furan rings is 1. The van der Waals surface area contributed by atoms with E-state index in [1.807, 2.05) is 18.3 Å². The van der Waals surface area contributed by atoms with Crippen LogP contribution in [0.4, 0.5) is 34.1 Å². The van der Waals surface area contributed by atoms with Gasteiger partial charge in [0.05, 0.1) is 22.3 Å². The molecule has 0 amide bonds. The van der Waals surface area contributed by atoms with Crippen LogP contribution < -0.4 is 9.80 Å². The van der Waals surface area contributed by atoms with Crippen molar-refractivity contribution in [2.45, 2.75) is 0 Å². The van der Waals surface area contributed by atoms with Gasteiger partial charge in [0.15, 0.2) is 0 Å². The number of fused-ring (bicyclic) bond motifs is 7. The number of pyridine rings is 1. The summed E-state index contributed by atoms with van der Waals surface area (Å²) in [5.74, 6) is 0. The van der Waals surface area contributed by atoms with Gasteiger partial charge in [-0.25, -0.2) is 0 Å². The maximum atomic E-state index is 7.03. The first-order chi connectivity index (χ1) is 28.2. The zero-order valence-electron chi connectivity index (χ0n) is 31.0. The molecule has 0 unspecified atom stereocenters. The Balaban J connectivity index is 1.24. The molecular weight excluding hydrogens is 695 g/mol. The first-order valence-corrected chi connectivity index (χ1v) is 19.3. The second kappa shape index (κ2) is 13.6. The molecule has 0 aliphatic heterocycles. The van der Waals surface area contributed by atoms with E-state index < -0.39 is 0 Å². The molecule has 268 valence electrons. The standard InChI is InChI=1S/C53H35N3O/c1-3-14-36(15-4-1)41-20-13-23-43(30-41)56(45-29-27-38-17-8-10-19-40(38)32-45)50-33-46(34-51-52(50)48-35-54-49-25-12-11-24-47(49)53(48)57-51)55(42-21-5-2-6-22-42)44-28-26-37-16-7-9-18-39(37)31-44/h1-35H. The molecule has 0 saturated carbocycles. The molecule has 0 radical (unpaired) electrons. The van der Waals surface area contributed by atoms with Crippen molar-refractivity contribution in [3.05, 3.63) is 212 Å². The third-order valence-corrected chi connectivity index (χ3v) is 11.0. The number of anilines is 6. The van der Waals surface area contributed by atoms with Crippen LogP contribution in [0.1, 0.15) is 0 Å². The van der Waals surface area contributed by atoms with Crippen molar-refractivity contribution in [1.82, 2.24) is 4.98 Å². The van der Waals surface area contributed by atoms with Gasteiger partial charge in [-0.1, -0.05) is 133 Å². The van der Waals surface area contributed by atoms with Crippen LogP contribution in [0.3, 0.4) is 0 Å². The summed E-state index contributed by atoms with van der Waals surface area (Å²) in [7, 11) is 0. The fourth-order valence-electron chi connectivity index (χ4n) is 8.30. The summed E-state index contributed by atoms with van der Waals surface area (Å²) < 4.78 is 7.03. The number of nitrogens with zero attached hydrogens (tertiary/aromatic N) is 3. The van der Waals surface area contributed by atoms with Crippen molar-refractivity contribution in [3.8, 4) is 11.1 Å². The van der Waals surface area contributed by atoms with E-state index in [0.29, 0.717) is 0 Å². The maximum Gasteiger partial charge on any atom is 0.146 e. The number of hydrogen-bond donors (Lipinski definition) is 0. The summed E-state index contributed by atoms with van der Waals surface area (Å²) in [5, 5.41) is 7.67. The number of hydrogen-bond acceptors (Lipinski definition) is 4. The summed E-state index contributed by atoms with van der Waals surface area (Å²) in [6.07, 6.45) is 1.98. The van der Waals surface area contributed by atoms with Crippen LogP contribution in [0, 0.1) is 0 Å². The number of rotatable bonds is 7. The molecule has 2 aromatic heterocycles. The van der Waals surface area contributed by atoms with E-state index in [0.717, 1.165) is 78.1 Å². The molecule has 0 atom stereocenters. The van der Waals surface area contributed by atoms with E-state index in [-0.39, 0.29) is 0 Å². The zero-order valence-corrected chi connectivity index (χ0v) is 31.0. The molecule has 0 fully saturated rings. The quantitative estimate of drug-likeness (QED) is 0.163. The highest BCUT2D eigenvalue weighted by atomic mass is 16.3. The lowest BCUT2D eigenvalue weighted by Crippen LogP contribution is -2.13. The fourth-order valence-corrected chi connectivity index (χ4v) is 8.30. The van der Waals surface area contributed by atoms with Crippen molar-refractivity contribution in [3.63, 3.8) is 0 Å². The van der Waals surface area contributed by atoms with Gasteiger partial charge in [-0.15, -0.1) is 0 Å². The van der Waals surface area contributed by atoms with Crippen LogP contribution in [0.15, 0.2) is 217 Å². The molecule has 0 spiro atoms. The average Bonchev–Trinajstić information content (AvgIpc) is 3.67. The molecule has 0 bridgehead atoms. The van der Waals surface area contributed by atoms with Gasteiger partial charge in [0.2, 0.25) is 0 Å². The van der Waals surface area contributed by atoms with E-state index in [1.54, 1.807) is 0 Å². The monoisotopic (exact) mass is 729 g/mol. The zero-order chi connectivity index (χ0) is 37.7. The first kappa shape index (κ1) is 32.7. The fraction of sp³-hybridized carbons (Fsp3) is 0. The van der Waals surface area contributed by atoms with Gasteiger partial charge in [0.1, 0.15) is 11.2 Å². The molecule has 0 N–H and O–H groups in total. The number of benzene rings is 9. The van der Waals surface area contributed by atoms with Gasteiger partial charge in [-0.2, -0.15) is 0 Å². The van der Waals surface area contributed by atoms with Crippen LogP contribution in [0.5, 0.6) is 0 Å². The van der Waals surface area contributed by atoms with Gasteiger partial charge < -0.3 is 14.2 Å². The molecule has 4 nitrogen and oxygen atoms in total. The predicted molar refractivity (Wildman–Crippen MR) is 239 cm³/mol. The predicted octanol–water partition coefficient (Wildman–Crippen LogP) is 15.0. The lowest BCUT2D eigenvalue weighted by molar-refractivity contribution is 0.672. The molecule has 4 heteroatoms. The van der Waals surface area contributed by atoms with E-state index >= 15 is 0 Å². The Morgan fingerprint density at radius 3 is 1.68 bits per heavy atom. The van der Waals surface area contributed by atoms with E-state index in [1.165, 1.54) is 21.5 Å². The first-order valence-electron chi connectivity index (χ1n) is 19.3. The average molecular weight is 730 g/mol. The topological polar surface area (TPSA) is 32.5 Å². The summed E-state index contributed by atoms with van der Waals surface area (Å²) in [6.45, 7) is 0. The lowest BCUT2D eigenvalue weighted by atomic mass is 10.0. The molecule has 0 aliphatic carbocycles. The van der Waals surface area contributed by atoms with Crippen LogP contribution in [-0.2, 0) is 0 Å². The van der Waals surface area contributed by atoms with E-state index in [2.05, 4.69) is 204 Å². The molecule has 2 heterocycles.